The highest BCUT2D eigenvalue weighted by Gasteiger charge is 2.34. The lowest BCUT2D eigenvalue weighted by Gasteiger charge is -2.36. The van der Waals surface area contributed by atoms with E-state index in [0.717, 1.165) is 5.82 Å². The average Bonchev–Trinajstić information content (AvgIpc) is 2.83. The highest BCUT2D eigenvalue weighted by molar-refractivity contribution is 5.82. The predicted octanol–water partition coefficient (Wildman–Crippen LogP) is 0.386. The molecule has 0 radical (unpaired) electrons. The van der Waals surface area contributed by atoms with Crippen LogP contribution in [0.1, 0.15) is 38.5 Å². The zero-order valence-corrected chi connectivity index (χ0v) is 12.5. The molecule has 0 aliphatic carbocycles. The van der Waals surface area contributed by atoms with Crippen molar-refractivity contribution in [1.29, 1.82) is 0 Å². The Morgan fingerprint density at radius 2 is 2.25 bits per heavy atom. The van der Waals surface area contributed by atoms with Gasteiger partial charge >= 0.3 is 0 Å². The molecule has 2 heterocycles. The standard InChI is InChI=1S/C13H23N5O2/c1-8-15-11(17-16-8)9-7-18(5-6-20-9)12(19)10(14)13(2,3)4/h9-10H,5-7,14H2,1-4H3,(H,15,16,17)/t9?,10-/m1/s1. The number of hydrogen-bond acceptors (Lipinski definition) is 5. The van der Waals surface area contributed by atoms with Crippen molar-refractivity contribution in [2.45, 2.75) is 39.8 Å². The molecule has 0 bridgehead atoms. The van der Waals surface area contributed by atoms with Gasteiger partial charge in [0.25, 0.3) is 0 Å². The van der Waals surface area contributed by atoms with Gasteiger partial charge < -0.3 is 15.4 Å². The Bertz CT molecular complexity index is 479. The van der Waals surface area contributed by atoms with Crippen LogP contribution in [0.3, 0.4) is 0 Å². The van der Waals surface area contributed by atoms with Crippen LogP contribution in [-0.4, -0.2) is 51.7 Å². The molecule has 20 heavy (non-hydrogen) atoms. The van der Waals surface area contributed by atoms with E-state index in [4.69, 9.17) is 10.5 Å². The molecule has 1 amide bonds. The summed E-state index contributed by atoms with van der Waals surface area (Å²) in [7, 11) is 0. The summed E-state index contributed by atoms with van der Waals surface area (Å²) >= 11 is 0. The third-order valence-corrected chi connectivity index (χ3v) is 3.48. The fourth-order valence-electron chi connectivity index (χ4n) is 2.08. The summed E-state index contributed by atoms with van der Waals surface area (Å²) in [5, 5.41) is 6.88. The third-order valence-electron chi connectivity index (χ3n) is 3.48. The molecule has 1 aromatic heterocycles. The summed E-state index contributed by atoms with van der Waals surface area (Å²) in [6.07, 6.45) is -0.287. The van der Waals surface area contributed by atoms with E-state index in [2.05, 4.69) is 15.2 Å². The smallest absolute Gasteiger partial charge is 0.240 e. The quantitative estimate of drug-likeness (QED) is 0.817. The van der Waals surface area contributed by atoms with Crippen molar-refractivity contribution in [2.75, 3.05) is 19.7 Å². The first-order valence-electron chi connectivity index (χ1n) is 6.84. The summed E-state index contributed by atoms with van der Waals surface area (Å²) in [6, 6.07) is -0.518. The van der Waals surface area contributed by atoms with Crippen LogP contribution < -0.4 is 5.73 Å². The Balaban J connectivity index is 2.05. The van der Waals surface area contributed by atoms with Crippen LogP contribution >= 0.6 is 0 Å². The minimum atomic E-state index is -0.518. The maximum Gasteiger partial charge on any atom is 0.240 e. The normalized spacial score (nSPS) is 21.9. The lowest BCUT2D eigenvalue weighted by Crippen LogP contribution is -2.53. The number of nitrogens with two attached hydrogens (primary N) is 1. The summed E-state index contributed by atoms with van der Waals surface area (Å²) in [5.74, 6) is 1.28. The molecular weight excluding hydrogens is 258 g/mol. The molecule has 1 saturated heterocycles. The molecular formula is C13H23N5O2. The van der Waals surface area contributed by atoms with Gasteiger partial charge in [-0.25, -0.2) is 4.98 Å². The van der Waals surface area contributed by atoms with E-state index in [9.17, 15) is 4.79 Å². The molecule has 1 aliphatic heterocycles. The van der Waals surface area contributed by atoms with E-state index < -0.39 is 6.04 Å². The molecule has 1 aliphatic rings. The van der Waals surface area contributed by atoms with Gasteiger partial charge in [-0.1, -0.05) is 20.8 Å². The van der Waals surface area contributed by atoms with E-state index in [1.807, 2.05) is 27.7 Å². The number of H-pyrrole nitrogens is 1. The maximum absolute atomic E-state index is 12.4. The maximum atomic E-state index is 12.4. The van der Waals surface area contributed by atoms with Gasteiger partial charge in [0.2, 0.25) is 5.91 Å². The topological polar surface area (TPSA) is 97.1 Å². The summed E-state index contributed by atoms with van der Waals surface area (Å²) < 4.78 is 5.64. The number of nitrogens with zero attached hydrogens (tertiary/aromatic N) is 3. The van der Waals surface area contributed by atoms with E-state index in [1.54, 1.807) is 4.90 Å². The van der Waals surface area contributed by atoms with Gasteiger partial charge in [0, 0.05) is 6.54 Å². The molecule has 0 saturated carbocycles. The first-order valence-corrected chi connectivity index (χ1v) is 6.84. The number of nitrogens with one attached hydrogen (secondary N) is 1. The second-order valence-electron chi connectivity index (χ2n) is 6.27. The van der Waals surface area contributed by atoms with E-state index in [0.29, 0.717) is 25.5 Å². The zero-order chi connectivity index (χ0) is 14.9. The van der Waals surface area contributed by atoms with Crippen LogP contribution in [0, 0.1) is 12.3 Å². The van der Waals surface area contributed by atoms with Crippen molar-refractivity contribution >= 4 is 5.91 Å². The first-order chi connectivity index (χ1) is 9.29. The molecule has 1 unspecified atom stereocenters. The predicted molar refractivity (Wildman–Crippen MR) is 73.8 cm³/mol. The average molecular weight is 281 g/mol. The van der Waals surface area contributed by atoms with Crippen LogP contribution in [0.25, 0.3) is 0 Å². The van der Waals surface area contributed by atoms with Crippen LogP contribution in [0.5, 0.6) is 0 Å². The van der Waals surface area contributed by atoms with Crippen molar-refractivity contribution in [1.82, 2.24) is 20.1 Å². The summed E-state index contributed by atoms with van der Waals surface area (Å²) in [4.78, 5) is 18.4. The van der Waals surface area contributed by atoms with Crippen LogP contribution in [0.4, 0.5) is 0 Å². The summed E-state index contributed by atoms with van der Waals surface area (Å²) in [6.45, 7) is 9.20. The van der Waals surface area contributed by atoms with Gasteiger partial charge in [-0.3, -0.25) is 9.89 Å². The lowest BCUT2D eigenvalue weighted by atomic mass is 9.86. The monoisotopic (exact) mass is 281 g/mol. The molecule has 0 aromatic carbocycles. The highest BCUT2D eigenvalue weighted by atomic mass is 16.5. The molecule has 1 aromatic rings. The Morgan fingerprint density at radius 1 is 1.55 bits per heavy atom. The molecule has 2 rings (SSSR count). The molecule has 3 N–H and O–H groups in total. The van der Waals surface area contributed by atoms with Gasteiger partial charge in [0.05, 0.1) is 19.2 Å². The summed E-state index contributed by atoms with van der Waals surface area (Å²) in [5.41, 5.74) is 5.79. The fraction of sp³-hybridized carbons (Fsp3) is 0.769. The number of hydrogen-bond donors (Lipinski definition) is 2. The van der Waals surface area contributed by atoms with E-state index >= 15 is 0 Å². The van der Waals surface area contributed by atoms with Crippen LogP contribution in [-0.2, 0) is 9.53 Å². The number of amides is 1. The number of rotatable bonds is 2. The number of morpholine rings is 1. The number of carbonyl (C=O) groups is 1. The molecule has 112 valence electrons. The number of ether oxygens (including phenoxy) is 1. The van der Waals surface area contributed by atoms with Crippen molar-refractivity contribution in [2.24, 2.45) is 11.1 Å². The molecule has 7 nitrogen and oxygen atoms in total. The van der Waals surface area contributed by atoms with Crippen molar-refractivity contribution in [3.63, 3.8) is 0 Å². The number of aromatic nitrogens is 3. The Morgan fingerprint density at radius 3 is 2.80 bits per heavy atom. The van der Waals surface area contributed by atoms with Crippen molar-refractivity contribution in [3.05, 3.63) is 11.6 Å². The van der Waals surface area contributed by atoms with Crippen LogP contribution in [0.2, 0.25) is 0 Å². The lowest BCUT2D eigenvalue weighted by molar-refractivity contribution is -0.143. The van der Waals surface area contributed by atoms with E-state index in [-0.39, 0.29) is 17.4 Å². The Labute approximate surface area is 118 Å². The molecule has 2 atom stereocenters. The van der Waals surface area contributed by atoms with Gasteiger partial charge in [0.1, 0.15) is 11.9 Å². The number of aryl methyl sites for hydroxylation is 1. The Hall–Kier alpha value is -1.47. The third kappa shape index (κ3) is 3.16. The second kappa shape index (κ2) is 5.49. The van der Waals surface area contributed by atoms with Gasteiger partial charge in [-0.15, -0.1) is 0 Å². The minimum Gasteiger partial charge on any atom is -0.366 e. The van der Waals surface area contributed by atoms with Crippen molar-refractivity contribution < 1.29 is 9.53 Å². The molecule has 7 heteroatoms. The first kappa shape index (κ1) is 14.9. The fourth-order valence-corrected chi connectivity index (χ4v) is 2.08. The largest absolute Gasteiger partial charge is 0.366 e. The minimum absolute atomic E-state index is 0.0435. The van der Waals surface area contributed by atoms with E-state index in [1.165, 1.54) is 0 Å². The zero-order valence-electron chi connectivity index (χ0n) is 12.5. The van der Waals surface area contributed by atoms with Gasteiger partial charge in [0.15, 0.2) is 5.82 Å². The van der Waals surface area contributed by atoms with Crippen molar-refractivity contribution in [3.8, 4) is 0 Å². The number of aromatic amines is 1. The van der Waals surface area contributed by atoms with Gasteiger partial charge in [-0.2, -0.15) is 5.10 Å². The Kier molecular flexibility index (Phi) is 4.10. The van der Waals surface area contributed by atoms with Gasteiger partial charge in [-0.05, 0) is 12.3 Å². The number of carbonyl (C=O) groups excluding carboxylic acids is 1. The highest BCUT2D eigenvalue weighted by Crippen LogP contribution is 2.23. The van der Waals surface area contributed by atoms with Crippen LogP contribution in [0.15, 0.2) is 0 Å². The second-order valence-corrected chi connectivity index (χ2v) is 6.27. The SMILES string of the molecule is Cc1nc(C2CN(C(=O)[C@@H](N)C(C)(C)C)CCO2)n[nH]1. The molecule has 0 spiro atoms. The molecule has 1 fully saturated rings.